The third-order valence-corrected chi connectivity index (χ3v) is 23.2. The van der Waals surface area contributed by atoms with Crippen molar-refractivity contribution in [2.24, 2.45) is 11.8 Å². The number of hydrogen-bond donors (Lipinski definition) is 0. The van der Waals surface area contributed by atoms with Crippen molar-refractivity contribution in [3.63, 3.8) is 0 Å². The van der Waals surface area contributed by atoms with Crippen LogP contribution in [0.2, 0.25) is 0 Å². The zero-order chi connectivity index (χ0) is 65.5. The highest BCUT2D eigenvalue weighted by Crippen LogP contribution is 2.58. The molecule has 2 saturated heterocycles. The zero-order valence-electron chi connectivity index (χ0n) is 55.5. The van der Waals surface area contributed by atoms with Gasteiger partial charge in [0, 0.05) is 96.9 Å². The van der Waals surface area contributed by atoms with Crippen LogP contribution >= 0.6 is 0 Å². The molecule has 472 valence electrons. The Hall–Kier alpha value is -11.8. The van der Waals surface area contributed by atoms with Gasteiger partial charge in [-0.2, -0.15) is 0 Å². The maximum Gasteiger partial charge on any atom is 0.252 e. The number of fused-ring (bicyclic) bond motifs is 8. The summed E-state index contributed by atoms with van der Waals surface area (Å²) >= 11 is 0. The monoisotopic (exact) mass is 1280 g/mol. The van der Waals surface area contributed by atoms with E-state index in [-0.39, 0.29) is 13.4 Å². The van der Waals surface area contributed by atoms with E-state index < -0.39 is 0 Å². The summed E-state index contributed by atoms with van der Waals surface area (Å²) in [5, 5.41) is 0. The number of benzene rings is 14. The molecule has 0 radical (unpaired) electrons. The lowest BCUT2D eigenvalue weighted by Crippen LogP contribution is -2.65. The van der Waals surface area contributed by atoms with Gasteiger partial charge in [0.2, 0.25) is 0 Å². The van der Waals surface area contributed by atoms with Crippen LogP contribution in [-0.4, -0.2) is 25.5 Å². The Kier molecular flexibility index (Phi) is 13.1. The van der Waals surface area contributed by atoms with Gasteiger partial charge in [-0.05, 0) is 177 Å². The highest BCUT2D eigenvalue weighted by atomic mass is 15.2. The van der Waals surface area contributed by atoms with Gasteiger partial charge in [-0.25, -0.2) is 0 Å². The summed E-state index contributed by atoms with van der Waals surface area (Å²) in [5.74, 6) is 1.56. The van der Waals surface area contributed by atoms with E-state index in [2.05, 4.69) is 358 Å². The number of piperidine rings is 2. The standard InChI is InChI=1S/C93H69B2N5/c1-8-28-63(29-9-1)68-55-86-90-87(56-68)98(70-40-20-7-21-41-70)84-60-85-81(59-80(84)94(90)78-46-22-24-48-82(78)97(86)69-38-18-6-19-39-69)95-79-47-23-25-49-83(79)99(92-74(64-30-10-2-11-31-64)42-26-43-75(92)65-32-12-3-13-33-65)88-57-73(96-71-51-61-50-62(53-71)54-72(96)52-61)58-89(91(88)95)100(85)93-76(66-34-14-4-15-35-66)44-27-45-77(93)67-36-16-5-17-37-67/h1-49,55-62,71-72H,50-54H2. The first-order valence-corrected chi connectivity index (χ1v) is 36.0. The minimum Gasteiger partial charge on any atom is -0.365 e. The van der Waals surface area contributed by atoms with E-state index in [1.54, 1.807) is 0 Å². The van der Waals surface area contributed by atoms with Crippen LogP contribution in [0.25, 0.3) is 55.6 Å². The second-order valence-electron chi connectivity index (χ2n) is 28.7. The summed E-state index contributed by atoms with van der Waals surface area (Å²) in [4.78, 5) is 13.7. The Balaban J connectivity index is 0.926. The second kappa shape index (κ2) is 22.9. The SMILES string of the molecule is c1ccc(-c2cc3c4c(c2)N(c2ccccc2)c2cc5c(cc2B4c2ccccc2N3c2ccccc2)B2c3ccccc3N(c3c(-c4ccccc4)cccc3-c3ccccc3)c3cc(N4C6CC7CC(C6)CC4C7)cc(c32)N5c2c(-c3ccccc3)cccc2-c2ccccc2)cc1. The summed E-state index contributed by atoms with van der Waals surface area (Å²) in [7, 11) is 0. The Morgan fingerprint density at radius 2 is 0.550 bits per heavy atom. The molecule has 0 atom stereocenters. The fourth-order valence-electron chi connectivity index (χ4n) is 19.4. The molecule has 4 fully saturated rings. The van der Waals surface area contributed by atoms with Crippen molar-refractivity contribution in [1.82, 2.24) is 0 Å². The summed E-state index contributed by atoms with van der Waals surface area (Å²) in [6.45, 7) is -0.346. The molecule has 6 aliphatic heterocycles. The molecule has 2 saturated carbocycles. The van der Waals surface area contributed by atoms with Crippen LogP contribution in [0.4, 0.5) is 73.9 Å². The molecule has 7 heteroatoms. The molecule has 0 amide bonds. The van der Waals surface area contributed by atoms with Crippen LogP contribution in [0.15, 0.2) is 334 Å². The van der Waals surface area contributed by atoms with Crippen molar-refractivity contribution >= 4 is 120 Å². The van der Waals surface area contributed by atoms with Gasteiger partial charge in [0.05, 0.1) is 11.4 Å². The first kappa shape index (κ1) is 57.3. The minimum absolute atomic E-state index is 0.148. The average Bonchev–Trinajstić information content (AvgIpc) is 0.680. The number of anilines is 13. The topological polar surface area (TPSA) is 16.2 Å². The Bertz CT molecular complexity index is 5400. The molecule has 0 unspecified atom stereocenters. The highest BCUT2D eigenvalue weighted by Gasteiger charge is 2.52. The molecule has 5 nitrogen and oxygen atoms in total. The van der Waals surface area contributed by atoms with Gasteiger partial charge >= 0.3 is 0 Å². The lowest BCUT2D eigenvalue weighted by Gasteiger charge is -2.58. The predicted octanol–water partition coefficient (Wildman–Crippen LogP) is 20.0. The van der Waals surface area contributed by atoms with Crippen molar-refractivity contribution < 1.29 is 0 Å². The van der Waals surface area contributed by atoms with E-state index in [0.717, 1.165) is 28.9 Å². The maximum absolute atomic E-state index is 2.95. The molecule has 8 aliphatic rings. The van der Waals surface area contributed by atoms with Crippen LogP contribution in [0.5, 0.6) is 0 Å². The van der Waals surface area contributed by atoms with E-state index in [4.69, 9.17) is 0 Å². The van der Waals surface area contributed by atoms with Crippen LogP contribution < -0.4 is 57.3 Å². The zero-order valence-corrected chi connectivity index (χ0v) is 55.5. The van der Waals surface area contributed by atoms with E-state index in [1.807, 2.05) is 0 Å². The summed E-state index contributed by atoms with van der Waals surface area (Å²) in [6.07, 6.45) is 6.36. The number of rotatable bonds is 10. The van der Waals surface area contributed by atoms with Gasteiger partial charge in [-0.1, -0.05) is 267 Å². The molecule has 0 spiro atoms. The lowest BCUT2D eigenvalue weighted by atomic mass is 9.30. The van der Waals surface area contributed by atoms with Gasteiger partial charge in [0.1, 0.15) is 0 Å². The van der Waals surface area contributed by atoms with Gasteiger partial charge in [-0.15, -0.1) is 0 Å². The molecule has 0 N–H and O–H groups in total. The van der Waals surface area contributed by atoms with Gasteiger partial charge in [0.25, 0.3) is 13.4 Å². The number of nitrogens with zero attached hydrogens (tertiary/aromatic N) is 5. The molecule has 2 aliphatic carbocycles. The third kappa shape index (κ3) is 8.83. The van der Waals surface area contributed by atoms with Crippen molar-refractivity contribution in [1.29, 1.82) is 0 Å². The van der Waals surface area contributed by atoms with Crippen molar-refractivity contribution in [2.75, 3.05) is 24.5 Å². The molecule has 6 heterocycles. The lowest BCUT2D eigenvalue weighted by molar-refractivity contribution is 0.0900. The fourth-order valence-corrected chi connectivity index (χ4v) is 19.4. The smallest absolute Gasteiger partial charge is 0.252 e. The van der Waals surface area contributed by atoms with Crippen molar-refractivity contribution in [3.8, 4) is 55.6 Å². The van der Waals surface area contributed by atoms with Crippen LogP contribution in [0.3, 0.4) is 0 Å². The largest absolute Gasteiger partial charge is 0.365 e. The van der Waals surface area contributed by atoms with Crippen molar-refractivity contribution in [3.05, 3.63) is 334 Å². The second-order valence-corrected chi connectivity index (χ2v) is 28.7. The maximum atomic E-state index is 2.95. The summed E-state index contributed by atoms with van der Waals surface area (Å²) in [6, 6.07) is 128. The average molecular weight is 1280 g/mol. The summed E-state index contributed by atoms with van der Waals surface area (Å²) in [5.41, 5.74) is 35.0. The van der Waals surface area contributed by atoms with E-state index >= 15 is 0 Å². The van der Waals surface area contributed by atoms with Gasteiger partial charge in [0.15, 0.2) is 0 Å². The molecule has 14 aromatic carbocycles. The Labute approximate surface area is 586 Å². The highest BCUT2D eigenvalue weighted by molar-refractivity contribution is 7.03. The first-order valence-electron chi connectivity index (χ1n) is 36.0. The van der Waals surface area contributed by atoms with E-state index in [0.29, 0.717) is 12.1 Å². The minimum atomic E-state index is -0.198. The Morgan fingerprint density at radius 3 is 0.970 bits per heavy atom. The van der Waals surface area contributed by atoms with E-state index in [1.165, 1.54) is 177 Å². The van der Waals surface area contributed by atoms with Crippen LogP contribution in [0, 0.1) is 11.8 Å². The third-order valence-electron chi connectivity index (χ3n) is 23.2. The normalized spacial score (nSPS) is 17.7. The molecule has 100 heavy (non-hydrogen) atoms. The molecule has 0 aromatic heterocycles. The molecular formula is C93H69B2N5. The quantitative estimate of drug-likeness (QED) is 0.127. The van der Waals surface area contributed by atoms with Crippen LogP contribution in [-0.2, 0) is 0 Å². The van der Waals surface area contributed by atoms with Crippen LogP contribution in [0.1, 0.15) is 32.1 Å². The predicted molar refractivity (Wildman–Crippen MR) is 422 cm³/mol. The molecule has 4 bridgehead atoms. The number of para-hydroxylation sites is 6. The number of hydrogen-bond acceptors (Lipinski definition) is 5. The molecule has 22 rings (SSSR count). The van der Waals surface area contributed by atoms with Gasteiger partial charge < -0.3 is 24.5 Å². The fraction of sp³-hybridized carbons (Fsp3) is 0.0968. The summed E-state index contributed by atoms with van der Waals surface area (Å²) < 4.78 is 0. The van der Waals surface area contributed by atoms with E-state index in [9.17, 15) is 0 Å². The van der Waals surface area contributed by atoms with Gasteiger partial charge in [-0.3, -0.25) is 0 Å². The molecular weight excluding hydrogens is 1210 g/mol. The Morgan fingerprint density at radius 1 is 0.220 bits per heavy atom. The first-order chi connectivity index (χ1) is 49.6. The molecule has 14 aromatic rings. The van der Waals surface area contributed by atoms with Crippen molar-refractivity contribution in [2.45, 2.75) is 44.2 Å².